The Labute approximate surface area is 110 Å². The van der Waals surface area contributed by atoms with Crippen molar-refractivity contribution < 1.29 is 4.43 Å². The van der Waals surface area contributed by atoms with E-state index >= 15 is 0 Å². The summed E-state index contributed by atoms with van der Waals surface area (Å²) in [6.45, 7) is 13.9. The molecule has 1 heterocycles. The van der Waals surface area contributed by atoms with Crippen LogP contribution >= 0.6 is 11.6 Å². The second kappa shape index (κ2) is 5.08. The van der Waals surface area contributed by atoms with Gasteiger partial charge in [0.05, 0.1) is 6.61 Å². The van der Waals surface area contributed by atoms with Crippen molar-refractivity contribution in [2.45, 2.75) is 52.4 Å². The van der Waals surface area contributed by atoms with Crippen molar-refractivity contribution in [3.05, 3.63) is 28.5 Å². The van der Waals surface area contributed by atoms with Gasteiger partial charge in [0.2, 0.25) is 0 Å². The monoisotopic (exact) mass is 271 g/mol. The lowest BCUT2D eigenvalue weighted by atomic mass is 10.2. The van der Waals surface area contributed by atoms with Crippen molar-refractivity contribution in [1.29, 1.82) is 0 Å². The number of hydrogen-bond acceptors (Lipinski definition) is 2. The Morgan fingerprint density at radius 3 is 2.47 bits per heavy atom. The van der Waals surface area contributed by atoms with E-state index < -0.39 is 8.32 Å². The zero-order chi connectivity index (χ0) is 13.3. The molecule has 0 amide bonds. The minimum atomic E-state index is -1.69. The second-order valence-corrected chi connectivity index (χ2v) is 11.2. The number of aryl methyl sites for hydroxylation is 1. The number of pyridine rings is 1. The number of aromatic nitrogens is 1. The molecule has 0 N–H and O–H groups in total. The first-order valence-electron chi connectivity index (χ1n) is 5.88. The zero-order valence-corrected chi connectivity index (χ0v) is 13.4. The standard InChI is InChI=1S/C13H22ClNOSi/c1-10-8-15-12(14)7-11(10)9-16-17(5,6)13(2,3)4/h7-8H,9H2,1-6H3. The van der Waals surface area contributed by atoms with Crippen molar-refractivity contribution in [2.24, 2.45) is 0 Å². The van der Waals surface area contributed by atoms with Crippen LogP contribution < -0.4 is 0 Å². The molecule has 0 radical (unpaired) electrons. The Balaban J connectivity index is 2.77. The normalized spacial score (nSPS) is 12.9. The fourth-order valence-electron chi connectivity index (χ4n) is 1.17. The third-order valence-corrected chi connectivity index (χ3v) is 8.26. The molecule has 0 aliphatic heterocycles. The Hall–Kier alpha value is -0.383. The van der Waals surface area contributed by atoms with Crippen LogP contribution in [0.25, 0.3) is 0 Å². The highest BCUT2D eigenvalue weighted by molar-refractivity contribution is 6.74. The summed E-state index contributed by atoms with van der Waals surface area (Å²) >= 11 is 5.90. The van der Waals surface area contributed by atoms with E-state index in [0.29, 0.717) is 11.8 Å². The van der Waals surface area contributed by atoms with Gasteiger partial charge >= 0.3 is 0 Å². The van der Waals surface area contributed by atoms with E-state index in [1.54, 1.807) is 6.20 Å². The quantitative estimate of drug-likeness (QED) is 0.594. The maximum atomic E-state index is 6.17. The van der Waals surface area contributed by atoms with Gasteiger partial charge in [-0.3, -0.25) is 0 Å². The molecule has 4 heteroatoms. The van der Waals surface area contributed by atoms with E-state index in [-0.39, 0.29) is 5.04 Å². The van der Waals surface area contributed by atoms with E-state index in [2.05, 4.69) is 38.8 Å². The van der Waals surface area contributed by atoms with Gasteiger partial charge in [-0.2, -0.15) is 0 Å². The van der Waals surface area contributed by atoms with Crippen LogP contribution in [0.2, 0.25) is 23.3 Å². The summed E-state index contributed by atoms with van der Waals surface area (Å²) < 4.78 is 6.17. The maximum Gasteiger partial charge on any atom is 0.192 e. The van der Waals surface area contributed by atoms with Gasteiger partial charge in [0.25, 0.3) is 0 Å². The number of nitrogens with zero attached hydrogens (tertiary/aromatic N) is 1. The van der Waals surface area contributed by atoms with Gasteiger partial charge in [0.15, 0.2) is 8.32 Å². The average Bonchev–Trinajstić information content (AvgIpc) is 2.18. The van der Waals surface area contributed by atoms with Crippen LogP contribution in [-0.4, -0.2) is 13.3 Å². The molecule has 0 aliphatic rings. The molecule has 0 fully saturated rings. The molecule has 0 saturated heterocycles. The average molecular weight is 272 g/mol. The molecule has 0 saturated carbocycles. The Morgan fingerprint density at radius 2 is 1.94 bits per heavy atom. The van der Waals surface area contributed by atoms with E-state index in [4.69, 9.17) is 16.0 Å². The molecule has 96 valence electrons. The second-order valence-electron chi connectivity index (χ2n) is 5.98. The van der Waals surface area contributed by atoms with Gasteiger partial charge < -0.3 is 4.43 Å². The van der Waals surface area contributed by atoms with E-state index in [1.807, 2.05) is 13.0 Å². The SMILES string of the molecule is Cc1cnc(Cl)cc1CO[Si](C)(C)C(C)(C)C. The maximum absolute atomic E-state index is 6.17. The molecule has 0 atom stereocenters. The Kier molecular flexibility index (Phi) is 4.39. The molecular weight excluding hydrogens is 250 g/mol. The third kappa shape index (κ3) is 3.80. The molecule has 1 rings (SSSR count). The molecular formula is C13H22ClNOSi. The van der Waals surface area contributed by atoms with Gasteiger partial charge in [0.1, 0.15) is 5.15 Å². The van der Waals surface area contributed by atoms with Crippen molar-refractivity contribution >= 4 is 19.9 Å². The number of rotatable bonds is 3. The Morgan fingerprint density at radius 1 is 1.35 bits per heavy atom. The van der Waals surface area contributed by atoms with Crippen LogP contribution in [0.5, 0.6) is 0 Å². The molecule has 1 aromatic rings. The first kappa shape index (κ1) is 14.7. The number of halogens is 1. The first-order valence-corrected chi connectivity index (χ1v) is 9.17. The smallest absolute Gasteiger partial charge is 0.192 e. The highest BCUT2D eigenvalue weighted by Gasteiger charge is 2.37. The van der Waals surface area contributed by atoms with Gasteiger partial charge in [-0.15, -0.1) is 0 Å². The highest BCUT2D eigenvalue weighted by Crippen LogP contribution is 2.37. The van der Waals surface area contributed by atoms with Crippen molar-refractivity contribution in [3.63, 3.8) is 0 Å². The predicted octanol–water partition coefficient (Wildman–Crippen LogP) is 4.57. The molecule has 0 aliphatic carbocycles. The number of hydrogen-bond donors (Lipinski definition) is 0. The van der Waals surface area contributed by atoms with E-state index in [1.165, 1.54) is 0 Å². The summed E-state index contributed by atoms with van der Waals surface area (Å²) in [5.74, 6) is 0. The molecule has 0 aromatic carbocycles. The lowest BCUT2D eigenvalue weighted by molar-refractivity contribution is 0.275. The van der Waals surface area contributed by atoms with Gasteiger partial charge in [-0.05, 0) is 42.2 Å². The largest absolute Gasteiger partial charge is 0.413 e. The zero-order valence-electron chi connectivity index (χ0n) is 11.6. The topological polar surface area (TPSA) is 22.1 Å². The third-order valence-electron chi connectivity index (χ3n) is 3.58. The van der Waals surface area contributed by atoms with Crippen LogP contribution in [-0.2, 0) is 11.0 Å². The molecule has 0 unspecified atom stereocenters. The fourth-order valence-corrected chi connectivity index (χ4v) is 2.30. The van der Waals surface area contributed by atoms with Crippen molar-refractivity contribution in [2.75, 3.05) is 0 Å². The van der Waals surface area contributed by atoms with Gasteiger partial charge in [-0.25, -0.2) is 4.98 Å². The van der Waals surface area contributed by atoms with Crippen LogP contribution in [0.3, 0.4) is 0 Å². The predicted molar refractivity (Wildman–Crippen MR) is 76.0 cm³/mol. The summed E-state index contributed by atoms with van der Waals surface area (Å²) in [5, 5.41) is 0.766. The highest BCUT2D eigenvalue weighted by atomic mass is 35.5. The van der Waals surface area contributed by atoms with Gasteiger partial charge in [0, 0.05) is 6.20 Å². The summed E-state index contributed by atoms with van der Waals surface area (Å²) in [6.07, 6.45) is 1.80. The molecule has 1 aromatic heterocycles. The minimum Gasteiger partial charge on any atom is -0.413 e. The summed E-state index contributed by atoms with van der Waals surface area (Å²) in [7, 11) is -1.69. The van der Waals surface area contributed by atoms with Gasteiger partial charge in [-0.1, -0.05) is 32.4 Å². The summed E-state index contributed by atoms with van der Waals surface area (Å²) in [5.41, 5.74) is 2.27. The van der Waals surface area contributed by atoms with Crippen LogP contribution in [0, 0.1) is 6.92 Å². The molecule has 0 bridgehead atoms. The van der Waals surface area contributed by atoms with Crippen LogP contribution in [0.4, 0.5) is 0 Å². The van der Waals surface area contributed by atoms with Crippen LogP contribution in [0.15, 0.2) is 12.3 Å². The summed E-state index contributed by atoms with van der Waals surface area (Å²) in [6, 6.07) is 1.89. The first-order chi connectivity index (χ1) is 7.63. The van der Waals surface area contributed by atoms with E-state index in [9.17, 15) is 0 Å². The van der Waals surface area contributed by atoms with Crippen molar-refractivity contribution in [3.8, 4) is 0 Å². The minimum absolute atomic E-state index is 0.234. The fraction of sp³-hybridized carbons (Fsp3) is 0.615. The Bertz CT molecular complexity index is 399. The lowest BCUT2D eigenvalue weighted by Gasteiger charge is -2.36. The van der Waals surface area contributed by atoms with E-state index in [0.717, 1.165) is 11.1 Å². The lowest BCUT2D eigenvalue weighted by Crippen LogP contribution is -2.40. The summed E-state index contributed by atoms with van der Waals surface area (Å²) in [4.78, 5) is 4.05. The van der Waals surface area contributed by atoms with Crippen LogP contribution in [0.1, 0.15) is 31.9 Å². The molecule has 17 heavy (non-hydrogen) atoms. The molecule has 0 spiro atoms. The molecule has 2 nitrogen and oxygen atoms in total. The van der Waals surface area contributed by atoms with Crippen molar-refractivity contribution in [1.82, 2.24) is 4.98 Å².